The summed E-state index contributed by atoms with van der Waals surface area (Å²) in [5.41, 5.74) is 3.27. The molecule has 0 saturated heterocycles. The van der Waals surface area contributed by atoms with Gasteiger partial charge in [0.05, 0.1) is 0 Å². The van der Waals surface area contributed by atoms with Gasteiger partial charge in [0.1, 0.15) is 17.6 Å². The Bertz CT molecular complexity index is 1080. The van der Waals surface area contributed by atoms with Crippen LogP contribution in [0.2, 0.25) is 0 Å². The minimum Gasteiger partial charge on any atom is -0.484 e. The number of carbonyl (C=O) groups is 2. The predicted molar refractivity (Wildman–Crippen MR) is 126 cm³/mol. The van der Waals surface area contributed by atoms with Crippen LogP contribution in [-0.4, -0.2) is 36.4 Å². The normalized spacial score (nSPS) is 11.5. The van der Waals surface area contributed by atoms with Crippen LogP contribution >= 0.6 is 0 Å². The number of rotatable bonds is 9. The lowest BCUT2D eigenvalue weighted by Crippen LogP contribution is -2.51. The summed E-state index contributed by atoms with van der Waals surface area (Å²) in [5, 5.41) is 2.64. The topological polar surface area (TPSA) is 58.6 Å². The molecular weight excluding hydrogens is 419 g/mol. The summed E-state index contributed by atoms with van der Waals surface area (Å²) in [7, 11) is 1.53. The van der Waals surface area contributed by atoms with Gasteiger partial charge in [0, 0.05) is 25.6 Å². The molecule has 0 heterocycles. The van der Waals surface area contributed by atoms with Crippen molar-refractivity contribution in [3.05, 3.63) is 101 Å². The zero-order chi connectivity index (χ0) is 23.8. The van der Waals surface area contributed by atoms with E-state index < -0.39 is 17.8 Å². The summed E-state index contributed by atoms with van der Waals surface area (Å²) in [4.78, 5) is 27.6. The number of amides is 2. The Morgan fingerprint density at radius 3 is 2.24 bits per heavy atom. The molecule has 3 aromatic carbocycles. The standard InChI is InChI=1S/C27H29FN2O3/c1-19-13-20(2)15-23(14-19)33-18-26(31)30(17-22-11-7-8-12-24(22)28)25(27(32)29-3)16-21-9-5-4-6-10-21/h4-15,25H,16-18H2,1-3H3,(H,29,32)/t25-/m1/s1. The molecule has 0 spiro atoms. The van der Waals surface area contributed by atoms with Crippen LogP contribution in [0.3, 0.4) is 0 Å². The van der Waals surface area contributed by atoms with Crippen molar-refractivity contribution in [2.75, 3.05) is 13.7 Å². The molecule has 0 aliphatic rings. The Morgan fingerprint density at radius 1 is 0.970 bits per heavy atom. The van der Waals surface area contributed by atoms with Crippen molar-refractivity contribution >= 4 is 11.8 Å². The molecule has 0 fully saturated rings. The molecule has 3 aromatic rings. The zero-order valence-corrected chi connectivity index (χ0v) is 19.2. The number of hydrogen-bond donors (Lipinski definition) is 1. The van der Waals surface area contributed by atoms with Crippen molar-refractivity contribution in [1.29, 1.82) is 0 Å². The van der Waals surface area contributed by atoms with E-state index in [2.05, 4.69) is 5.32 Å². The molecule has 0 bridgehead atoms. The van der Waals surface area contributed by atoms with Crippen LogP contribution in [0.15, 0.2) is 72.8 Å². The third kappa shape index (κ3) is 6.65. The van der Waals surface area contributed by atoms with E-state index in [-0.39, 0.29) is 19.1 Å². The Morgan fingerprint density at radius 2 is 1.61 bits per heavy atom. The maximum absolute atomic E-state index is 14.5. The second-order valence-electron chi connectivity index (χ2n) is 8.04. The van der Waals surface area contributed by atoms with Gasteiger partial charge in [-0.05, 0) is 48.7 Å². The van der Waals surface area contributed by atoms with E-state index in [0.29, 0.717) is 17.7 Å². The Hall–Kier alpha value is -3.67. The molecule has 172 valence electrons. The number of likely N-dealkylation sites (N-methyl/N-ethyl adjacent to an activating group) is 1. The molecule has 0 unspecified atom stereocenters. The van der Waals surface area contributed by atoms with Crippen LogP contribution in [0.25, 0.3) is 0 Å². The van der Waals surface area contributed by atoms with Gasteiger partial charge in [-0.15, -0.1) is 0 Å². The highest BCUT2D eigenvalue weighted by Crippen LogP contribution is 2.19. The van der Waals surface area contributed by atoms with Crippen molar-refractivity contribution in [2.24, 2.45) is 0 Å². The van der Waals surface area contributed by atoms with E-state index >= 15 is 0 Å². The average molecular weight is 449 g/mol. The largest absolute Gasteiger partial charge is 0.484 e. The monoisotopic (exact) mass is 448 g/mol. The number of nitrogens with one attached hydrogen (secondary N) is 1. The van der Waals surface area contributed by atoms with Gasteiger partial charge in [-0.2, -0.15) is 0 Å². The second kappa shape index (κ2) is 11.3. The van der Waals surface area contributed by atoms with Crippen LogP contribution in [0, 0.1) is 19.7 Å². The van der Waals surface area contributed by atoms with Crippen LogP contribution in [0.4, 0.5) is 4.39 Å². The van der Waals surface area contributed by atoms with Crippen LogP contribution in [0.5, 0.6) is 5.75 Å². The van der Waals surface area contributed by atoms with Crippen molar-refractivity contribution in [3.63, 3.8) is 0 Å². The molecule has 33 heavy (non-hydrogen) atoms. The molecule has 0 radical (unpaired) electrons. The van der Waals surface area contributed by atoms with Gasteiger partial charge in [-0.1, -0.05) is 54.6 Å². The van der Waals surface area contributed by atoms with Gasteiger partial charge >= 0.3 is 0 Å². The number of aryl methyl sites for hydroxylation is 2. The number of ether oxygens (including phenoxy) is 1. The van der Waals surface area contributed by atoms with Crippen molar-refractivity contribution in [1.82, 2.24) is 10.2 Å². The Kier molecular flexibility index (Phi) is 8.19. The molecule has 3 rings (SSSR count). The smallest absolute Gasteiger partial charge is 0.261 e. The molecule has 2 amide bonds. The number of nitrogens with zero attached hydrogens (tertiary/aromatic N) is 1. The average Bonchev–Trinajstić information content (AvgIpc) is 2.80. The highest BCUT2D eigenvalue weighted by atomic mass is 19.1. The molecule has 0 aromatic heterocycles. The highest BCUT2D eigenvalue weighted by molar-refractivity contribution is 5.88. The van der Waals surface area contributed by atoms with Gasteiger partial charge < -0.3 is 15.0 Å². The first kappa shape index (κ1) is 24.0. The number of benzene rings is 3. The number of carbonyl (C=O) groups excluding carboxylic acids is 2. The fourth-order valence-electron chi connectivity index (χ4n) is 3.77. The van der Waals surface area contributed by atoms with Crippen LogP contribution in [0.1, 0.15) is 22.3 Å². The maximum atomic E-state index is 14.5. The molecule has 0 saturated carbocycles. The molecular formula is C27H29FN2O3. The van der Waals surface area contributed by atoms with Gasteiger partial charge in [0.25, 0.3) is 5.91 Å². The van der Waals surface area contributed by atoms with Crippen molar-refractivity contribution in [2.45, 2.75) is 32.9 Å². The fraction of sp³-hybridized carbons (Fsp3) is 0.259. The number of halogens is 1. The molecule has 0 aliphatic carbocycles. The quantitative estimate of drug-likeness (QED) is 0.534. The molecule has 1 atom stereocenters. The molecule has 5 nitrogen and oxygen atoms in total. The van der Waals surface area contributed by atoms with Gasteiger partial charge in [0.15, 0.2) is 6.61 Å². The van der Waals surface area contributed by atoms with Crippen LogP contribution in [-0.2, 0) is 22.6 Å². The first-order valence-corrected chi connectivity index (χ1v) is 10.9. The van der Waals surface area contributed by atoms with E-state index in [4.69, 9.17) is 4.74 Å². The lowest BCUT2D eigenvalue weighted by atomic mass is 10.0. The first-order valence-electron chi connectivity index (χ1n) is 10.9. The first-order chi connectivity index (χ1) is 15.9. The van der Waals surface area contributed by atoms with E-state index in [0.717, 1.165) is 16.7 Å². The molecule has 1 N–H and O–H groups in total. The van der Waals surface area contributed by atoms with E-state index in [9.17, 15) is 14.0 Å². The summed E-state index contributed by atoms with van der Waals surface area (Å²) in [6.45, 7) is 3.59. The Balaban J connectivity index is 1.89. The van der Waals surface area contributed by atoms with E-state index in [1.807, 2.05) is 62.4 Å². The van der Waals surface area contributed by atoms with Crippen molar-refractivity contribution in [3.8, 4) is 5.75 Å². The highest BCUT2D eigenvalue weighted by Gasteiger charge is 2.30. The second-order valence-corrected chi connectivity index (χ2v) is 8.04. The molecule has 6 heteroatoms. The van der Waals surface area contributed by atoms with E-state index in [1.54, 1.807) is 18.2 Å². The Labute approximate surface area is 194 Å². The lowest BCUT2D eigenvalue weighted by Gasteiger charge is -2.31. The predicted octanol–water partition coefficient (Wildman–Crippen LogP) is 4.21. The molecule has 0 aliphatic heterocycles. The van der Waals surface area contributed by atoms with Gasteiger partial charge in [-0.3, -0.25) is 9.59 Å². The SMILES string of the molecule is CNC(=O)[C@@H](Cc1ccccc1)N(Cc1ccccc1F)C(=O)COc1cc(C)cc(C)c1. The third-order valence-corrected chi connectivity index (χ3v) is 5.37. The van der Waals surface area contributed by atoms with Gasteiger partial charge in [-0.25, -0.2) is 4.39 Å². The van der Waals surface area contributed by atoms with E-state index in [1.165, 1.54) is 18.0 Å². The van der Waals surface area contributed by atoms with Crippen LogP contribution < -0.4 is 10.1 Å². The minimum absolute atomic E-state index is 0.0490. The van der Waals surface area contributed by atoms with Gasteiger partial charge in [0.2, 0.25) is 5.91 Å². The summed E-state index contributed by atoms with van der Waals surface area (Å²) in [6, 6.07) is 20.6. The zero-order valence-electron chi connectivity index (χ0n) is 19.2. The summed E-state index contributed by atoms with van der Waals surface area (Å²) < 4.78 is 20.2. The maximum Gasteiger partial charge on any atom is 0.261 e. The fourth-order valence-corrected chi connectivity index (χ4v) is 3.77. The third-order valence-electron chi connectivity index (χ3n) is 5.37. The number of hydrogen-bond acceptors (Lipinski definition) is 3. The summed E-state index contributed by atoms with van der Waals surface area (Å²) >= 11 is 0. The summed E-state index contributed by atoms with van der Waals surface area (Å²) in [5.74, 6) is -0.580. The van der Waals surface area contributed by atoms with Crippen molar-refractivity contribution < 1.29 is 18.7 Å². The minimum atomic E-state index is -0.827. The lowest BCUT2D eigenvalue weighted by molar-refractivity contribution is -0.142. The summed E-state index contributed by atoms with van der Waals surface area (Å²) in [6.07, 6.45) is 0.296.